The fourth-order valence-electron chi connectivity index (χ4n) is 1.48. The Morgan fingerprint density at radius 2 is 1.58 bits per heavy atom. The minimum absolute atomic E-state index is 0.163. The molecule has 0 spiro atoms. The lowest BCUT2D eigenvalue weighted by Crippen LogP contribution is -2.37. The molecule has 0 saturated carbocycles. The number of nitrogens with one attached hydrogen (secondary N) is 1. The second-order valence-electron chi connectivity index (χ2n) is 4.93. The molecule has 19 heavy (non-hydrogen) atoms. The summed E-state index contributed by atoms with van der Waals surface area (Å²) in [4.78, 5) is 0. The van der Waals surface area contributed by atoms with Crippen molar-refractivity contribution in [2.45, 2.75) is 19.6 Å². The third kappa shape index (κ3) is 4.81. The Labute approximate surface area is 110 Å². The molecule has 0 radical (unpaired) electrons. The molecule has 1 rings (SSSR count). The Bertz CT molecular complexity index is 386. The van der Waals surface area contributed by atoms with Crippen LogP contribution in [0.1, 0.15) is 18.1 Å². The maximum atomic E-state index is 12.3. The normalized spacial score (nSPS) is 12.7. The lowest BCUT2D eigenvalue weighted by atomic mass is 9.93. The van der Waals surface area contributed by atoms with Gasteiger partial charge in [0, 0.05) is 18.5 Å². The number of hydrogen-bond acceptors (Lipinski definition) is 3. The first-order valence-corrected chi connectivity index (χ1v) is 5.89. The molecule has 0 amide bonds. The van der Waals surface area contributed by atoms with Gasteiger partial charge in [-0.25, -0.2) is 0 Å². The van der Waals surface area contributed by atoms with E-state index in [1.165, 1.54) is 12.1 Å². The molecule has 0 aromatic heterocycles. The summed E-state index contributed by atoms with van der Waals surface area (Å²) in [7, 11) is 0. The highest BCUT2D eigenvalue weighted by Gasteiger charge is 2.29. The first kappa shape index (κ1) is 15.9. The first-order chi connectivity index (χ1) is 8.80. The average molecular weight is 277 g/mol. The number of rotatable bonds is 6. The zero-order valence-corrected chi connectivity index (χ0v) is 10.7. The van der Waals surface area contributed by atoms with E-state index in [1.54, 1.807) is 6.92 Å². The van der Waals surface area contributed by atoms with E-state index in [-0.39, 0.29) is 13.2 Å². The third-order valence-corrected chi connectivity index (χ3v) is 2.93. The van der Waals surface area contributed by atoms with Gasteiger partial charge in [-0.2, -0.15) is 13.2 Å². The second kappa shape index (κ2) is 6.36. The van der Waals surface area contributed by atoms with Crippen LogP contribution in [-0.2, 0) is 12.7 Å². The van der Waals surface area contributed by atoms with Crippen LogP contribution in [0, 0.1) is 5.41 Å². The van der Waals surface area contributed by atoms with Gasteiger partial charge in [-0.1, -0.05) is 19.1 Å². The molecule has 3 nitrogen and oxygen atoms in total. The van der Waals surface area contributed by atoms with Gasteiger partial charge in [-0.15, -0.1) is 0 Å². The van der Waals surface area contributed by atoms with Crippen LogP contribution in [0.3, 0.4) is 0 Å². The van der Waals surface area contributed by atoms with Crippen LogP contribution < -0.4 is 5.32 Å². The number of aliphatic hydroxyl groups excluding tert-OH is 2. The third-order valence-electron chi connectivity index (χ3n) is 2.93. The SMILES string of the molecule is CC(CO)(CO)CNCc1ccc(C(F)(F)F)cc1. The predicted octanol–water partition coefficient (Wildman–Crippen LogP) is 1.79. The van der Waals surface area contributed by atoms with Crippen LogP contribution in [0.15, 0.2) is 24.3 Å². The summed E-state index contributed by atoms with van der Waals surface area (Å²) < 4.78 is 37.0. The van der Waals surface area contributed by atoms with Crippen molar-refractivity contribution in [3.05, 3.63) is 35.4 Å². The van der Waals surface area contributed by atoms with Crippen molar-refractivity contribution >= 4 is 0 Å². The van der Waals surface area contributed by atoms with Crippen molar-refractivity contribution in [1.29, 1.82) is 0 Å². The number of halogens is 3. The van der Waals surface area contributed by atoms with Gasteiger partial charge in [0.1, 0.15) is 0 Å². The van der Waals surface area contributed by atoms with Gasteiger partial charge >= 0.3 is 6.18 Å². The standard InChI is InChI=1S/C13H18F3NO2/c1-12(8-18,9-19)7-17-6-10-2-4-11(5-3-10)13(14,15)16/h2-5,17-19H,6-9H2,1H3. The number of benzene rings is 1. The number of hydrogen-bond donors (Lipinski definition) is 3. The summed E-state index contributed by atoms with van der Waals surface area (Å²) in [6.45, 7) is 2.15. The summed E-state index contributed by atoms with van der Waals surface area (Å²) in [6, 6.07) is 4.89. The highest BCUT2D eigenvalue weighted by Crippen LogP contribution is 2.29. The van der Waals surface area contributed by atoms with Crippen LogP contribution in [0.2, 0.25) is 0 Å². The highest BCUT2D eigenvalue weighted by atomic mass is 19.4. The molecular weight excluding hydrogens is 259 g/mol. The Balaban J connectivity index is 2.51. The summed E-state index contributed by atoms with van der Waals surface area (Å²) in [6.07, 6.45) is -4.32. The molecule has 0 heterocycles. The Morgan fingerprint density at radius 3 is 2.00 bits per heavy atom. The van der Waals surface area contributed by atoms with Gasteiger partial charge < -0.3 is 15.5 Å². The van der Waals surface area contributed by atoms with E-state index in [1.807, 2.05) is 0 Å². The lowest BCUT2D eigenvalue weighted by molar-refractivity contribution is -0.137. The molecule has 1 aromatic carbocycles. The molecule has 3 N–H and O–H groups in total. The summed E-state index contributed by atoms with van der Waals surface area (Å²) in [5, 5.41) is 21.2. The van der Waals surface area contributed by atoms with Crippen molar-refractivity contribution in [2.75, 3.05) is 19.8 Å². The minimum Gasteiger partial charge on any atom is -0.396 e. The van der Waals surface area contributed by atoms with Gasteiger partial charge in [0.15, 0.2) is 0 Å². The maximum Gasteiger partial charge on any atom is 0.416 e. The van der Waals surface area contributed by atoms with Crippen LogP contribution >= 0.6 is 0 Å². The predicted molar refractivity (Wildman–Crippen MR) is 65.4 cm³/mol. The van der Waals surface area contributed by atoms with Crippen LogP contribution in [0.4, 0.5) is 13.2 Å². The van der Waals surface area contributed by atoms with Crippen molar-refractivity contribution in [2.24, 2.45) is 5.41 Å². The molecule has 0 atom stereocenters. The Morgan fingerprint density at radius 1 is 1.05 bits per heavy atom. The van der Waals surface area contributed by atoms with E-state index in [0.717, 1.165) is 12.1 Å². The smallest absolute Gasteiger partial charge is 0.396 e. The Hall–Kier alpha value is -1.11. The molecule has 108 valence electrons. The molecule has 0 bridgehead atoms. The molecule has 0 aliphatic heterocycles. The molecule has 0 unspecified atom stereocenters. The van der Waals surface area contributed by atoms with Gasteiger partial charge in [-0.05, 0) is 17.7 Å². The highest BCUT2D eigenvalue weighted by molar-refractivity contribution is 5.24. The first-order valence-electron chi connectivity index (χ1n) is 5.89. The van der Waals surface area contributed by atoms with E-state index in [4.69, 9.17) is 10.2 Å². The summed E-state index contributed by atoms with van der Waals surface area (Å²) in [5.74, 6) is 0. The number of alkyl halides is 3. The van der Waals surface area contributed by atoms with E-state index < -0.39 is 17.2 Å². The van der Waals surface area contributed by atoms with Crippen molar-refractivity contribution in [1.82, 2.24) is 5.32 Å². The molecule has 0 saturated heterocycles. The molecule has 0 aliphatic rings. The molecule has 6 heteroatoms. The van der Waals surface area contributed by atoms with E-state index in [9.17, 15) is 13.2 Å². The van der Waals surface area contributed by atoms with Crippen molar-refractivity contribution in [3.8, 4) is 0 Å². The van der Waals surface area contributed by atoms with Crippen molar-refractivity contribution < 1.29 is 23.4 Å². The second-order valence-corrected chi connectivity index (χ2v) is 4.93. The minimum atomic E-state index is -4.32. The topological polar surface area (TPSA) is 52.5 Å². The fourth-order valence-corrected chi connectivity index (χ4v) is 1.48. The Kier molecular flexibility index (Phi) is 5.34. The van der Waals surface area contributed by atoms with Gasteiger partial charge in [-0.3, -0.25) is 0 Å². The maximum absolute atomic E-state index is 12.3. The van der Waals surface area contributed by atoms with E-state index >= 15 is 0 Å². The molecule has 0 fully saturated rings. The van der Waals surface area contributed by atoms with Gasteiger partial charge in [0.05, 0.1) is 18.8 Å². The molecule has 0 aliphatic carbocycles. The zero-order valence-electron chi connectivity index (χ0n) is 10.7. The number of aliphatic hydroxyl groups is 2. The summed E-state index contributed by atoms with van der Waals surface area (Å²) >= 11 is 0. The largest absolute Gasteiger partial charge is 0.416 e. The quantitative estimate of drug-likeness (QED) is 0.743. The van der Waals surface area contributed by atoms with E-state index in [0.29, 0.717) is 18.7 Å². The molecular formula is C13H18F3NO2. The van der Waals surface area contributed by atoms with Gasteiger partial charge in [0.2, 0.25) is 0 Å². The van der Waals surface area contributed by atoms with Crippen LogP contribution in [-0.4, -0.2) is 30.0 Å². The van der Waals surface area contributed by atoms with Gasteiger partial charge in [0.25, 0.3) is 0 Å². The summed E-state index contributed by atoms with van der Waals surface area (Å²) in [5.41, 5.74) is -0.593. The fraction of sp³-hybridized carbons (Fsp3) is 0.538. The molecule has 1 aromatic rings. The van der Waals surface area contributed by atoms with Crippen LogP contribution in [0.5, 0.6) is 0 Å². The van der Waals surface area contributed by atoms with E-state index in [2.05, 4.69) is 5.32 Å². The lowest BCUT2D eigenvalue weighted by Gasteiger charge is -2.24. The zero-order chi connectivity index (χ0) is 14.5. The monoisotopic (exact) mass is 277 g/mol. The average Bonchev–Trinajstić information content (AvgIpc) is 2.38. The van der Waals surface area contributed by atoms with Crippen molar-refractivity contribution in [3.63, 3.8) is 0 Å². The van der Waals surface area contributed by atoms with Crippen LogP contribution in [0.25, 0.3) is 0 Å².